The summed E-state index contributed by atoms with van der Waals surface area (Å²) in [7, 11) is -3.43. The van der Waals surface area contributed by atoms with E-state index in [9.17, 15) is 13.2 Å². The van der Waals surface area contributed by atoms with Gasteiger partial charge in [-0.15, -0.1) is 0 Å². The molecule has 3 aromatic rings. The van der Waals surface area contributed by atoms with Gasteiger partial charge in [-0.1, -0.05) is 54.1 Å². The minimum Gasteiger partial charge on any atom is -0.492 e. The van der Waals surface area contributed by atoms with Crippen LogP contribution in [0.1, 0.15) is 18.4 Å². The second-order valence-electron chi connectivity index (χ2n) is 8.20. The summed E-state index contributed by atoms with van der Waals surface area (Å²) in [5, 5.41) is 5.75. The first kappa shape index (κ1) is 23.5. The maximum Gasteiger partial charge on any atom is 0.223 e. The Balaban J connectivity index is 1.20. The number of sulfonamides is 1. The van der Waals surface area contributed by atoms with Gasteiger partial charge in [0.25, 0.3) is 0 Å². The molecule has 1 fully saturated rings. The molecule has 8 heteroatoms. The second kappa shape index (κ2) is 10.5. The zero-order chi connectivity index (χ0) is 23.3. The van der Waals surface area contributed by atoms with Crippen LogP contribution < -0.4 is 10.1 Å². The molecular weight excluding hydrogens is 460 g/mol. The third kappa shape index (κ3) is 6.25. The molecular formula is C25H27ClN2O4S. The number of halogens is 1. The molecule has 3 aromatic carbocycles. The van der Waals surface area contributed by atoms with Crippen LogP contribution in [0.2, 0.25) is 5.02 Å². The van der Waals surface area contributed by atoms with E-state index in [0.29, 0.717) is 49.7 Å². The highest BCUT2D eigenvalue weighted by atomic mass is 35.5. The lowest BCUT2D eigenvalue weighted by molar-refractivity contribution is -0.126. The van der Waals surface area contributed by atoms with Crippen LogP contribution in [0.25, 0.3) is 10.8 Å². The van der Waals surface area contributed by atoms with Crippen molar-refractivity contribution in [2.24, 2.45) is 5.92 Å². The molecule has 1 heterocycles. The standard InChI is InChI=1S/C25H27ClN2O4S/c26-23-8-5-19(6-9-23)18-33(30,31)28-14-11-21(12-15-28)25(29)27-13-16-32-24-10-7-20-3-1-2-4-22(20)17-24/h1-10,17,21H,11-16,18H2,(H,27,29). The van der Waals surface area contributed by atoms with E-state index >= 15 is 0 Å². The lowest BCUT2D eigenvalue weighted by Crippen LogP contribution is -2.43. The lowest BCUT2D eigenvalue weighted by Gasteiger charge is -2.30. The highest BCUT2D eigenvalue weighted by molar-refractivity contribution is 7.88. The Morgan fingerprint density at radius 2 is 1.70 bits per heavy atom. The number of carbonyl (C=O) groups excluding carboxylic acids is 1. The third-order valence-electron chi connectivity index (χ3n) is 5.87. The Hall–Kier alpha value is -2.61. The van der Waals surface area contributed by atoms with Crippen LogP contribution >= 0.6 is 11.6 Å². The molecule has 6 nitrogen and oxygen atoms in total. The molecule has 1 saturated heterocycles. The number of ether oxygens (including phenoxy) is 1. The van der Waals surface area contributed by atoms with Gasteiger partial charge in [0, 0.05) is 24.0 Å². The molecule has 1 N–H and O–H groups in total. The van der Waals surface area contributed by atoms with Crippen molar-refractivity contribution < 1.29 is 17.9 Å². The van der Waals surface area contributed by atoms with Gasteiger partial charge in [0.1, 0.15) is 12.4 Å². The fourth-order valence-electron chi connectivity index (χ4n) is 4.02. The summed E-state index contributed by atoms with van der Waals surface area (Å²) in [5.74, 6) is 0.467. The second-order valence-corrected chi connectivity index (χ2v) is 10.6. The van der Waals surface area contributed by atoms with Crippen LogP contribution in [0, 0.1) is 5.92 Å². The average molecular weight is 487 g/mol. The van der Waals surface area contributed by atoms with Gasteiger partial charge in [-0.2, -0.15) is 0 Å². The van der Waals surface area contributed by atoms with Crippen LogP contribution in [0.4, 0.5) is 0 Å². The van der Waals surface area contributed by atoms with E-state index in [4.69, 9.17) is 16.3 Å². The van der Waals surface area contributed by atoms with Gasteiger partial charge >= 0.3 is 0 Å². The number of nitrogens with zero attached hydrogens (tertiary/aromatic N) is 1. The number of carbonyl (C=O) groups is 1. The van der Waals surface area contributed by atoms with E-state index in [0.717, 1.165) is 16.5 Å². The summed E-state index contributed by atoms with van der Waals surface area (Å²) < 4.78 is 32.7. The maximum atomic E-state index is 12.7. The molecule has 1 aliphatic heterocycles. The van der Waals surface area contributed by atoms with E-state index in [1.807, 2.05) is 42.5 Å². The molecule has 174 valence electrons. The number of hydrogen-bond donors (Lipinski definition) is 1. The Bertz CT molecular complexity index is 1210. The molecule has 33 heavy (non-hydrogen) atoms. The van der Waals surface area contributed by atoms with Gasteiger partial charge in [0.2, 0.25) is 15.9 Å². The van der Waals surface area contributed by atoms with Crippen molar-refractivity contribution in [2.75, 3.05) is 26.2 Å². The number of fused-ring (bicyclic) bond motifs is 1. The average Bonchev–Trinajstić information content (AvgIpc) is 2.83. The van der Waals surface area contributed by atoms with Crippen molar-refractivity contribution >= 4 is 38.3 Å². The summed E-state index contributed by atoms with van der Waals surface area (Å²) in [4.78, 5) is 12.5. The molecule has 1 amide bonds. The quantitative estimate of drug-likeness (QED) is 0.483. The summed E-state index contributed by atoms with van der Waals surface area (Å²) >= 11 is 5.87. The van der Waals surface area contributed by atoms with Crippen molar-refractivity contribution in [3.8, 4) is 5.75 Å². The molecule has 0 aliphatic carbocycles. The van der Waals surface area contributed by atoms with E-state index in [2.05, 4.69) is 5.32 Å². The lowest BCUT2D eigenvalue weighted by atomic mass is 9.97. The Labute approximate surface area is 199 Å². The van der Waals surface area contributed by atoms with E-state index < -0.39 is 10.0 Å². The van der Waals surface area contributed by atoms with Gasteiger partial charge in [0.05, 0.1) is 12.3 Å². The highest BCUT2D eigenvalue weighted by Gasteiger charge is 2.31. The van der Waals surface area contributed by atoms with Gasteiger partial charge in [0.15, 0.2) is 0 Å². The van der Waals surface area contributed by atoms with E-state index in [-0.39, 0.29) is 17.6 Å². The van der Waals surface area contributed by atoms with Crippen LogP contribution in [0.3, 0.4) is 0 Å². The third-order valence-corrected chi connectivity index (χ3v) is 7.97. The number of piperidine rings is 1. The largest absolute Gasteiger partial charge is 0.492 e. The van der Waals surface area contributed by atoms with E-state index in [1.165, 1.54) is 4.31 Å². The molecule has 0 saturated carbocycles. The van der Waals surface area contributed by atoms with Crippen molar-refractivity contribution in [2.45, 2.75) is 18.6 Å². The predicted molar refractivity (Wildman–Crippen MR) is 131 cm³/mol. The van der Waals surface area contributed by atoms with Gasteiger partial charge in [-0.05, 0) is 53.4 Å². The number of amides is 1. The molecule has 1 aliphatic rings. The summed E-state index contributed by atoms with van der Waals surface area (Å²) in [6.45, 7) is 1.47. The number of benzene rings is 3. The molecule has 0 atom stereocenters. The summed E-state index contributed by atoms with van der Waals surface area (Å²) in [6, 6.07) is 20.8. The fraction of sp³-hybridized carbons (Fsp3) is 0.320. The number of hydrogen-bond acceptors (Lipinski definition) is 4. The first-order chi connectivity index (χ1) is 15.9. The van der Waals surface area contributed by atoms with Crippen molar-refractivity contribution in [1.29, 1.82) is 0 Å². The Morgan fingerprint density at radius 3 is 2.42 bits per heavy atom. The normalized spacial score (nSPS) is 15.4. The van der Waals surface area contributed by atoms with Crippen LogP contribution in [-0.4, -0.2) is 44.9 Å². The molecule has 0 bridgehead atoms. The topological polar surface area (TPSA) is 75.7 Å². The SMILES string of the molecule is O=C(NCCOc1ccc2ccccc2c1)C1CCN(S(=O)(=O)Cc2ccc(Cl)cc2)CC1. The Morgan fingerprint density at radius 1 is 1.00 bits per heavy atom. The van der Waals surface area contributed by atoms with Gasteiger partial charge in [-0.25, -0.2) is 12.7 Å². The predicted octanol–water partition coefficient (Wildman–Crippen LogP) is 4.23. The molecule has 0 spiro atoms. The minimum absolute atomic E-state index is 0.0492. The zero-order valence-corrected chi connectivity index (χ0v) is 19.8. The minimum atomic E-state index is -3.43. The fourth-order valence-corrected chi connectivity index (χ4v) is 5.71. The molecule has 4 rings (SSSR count). The molecule has 0 unspecified atom stereocenters. The first-order valence-electron chi connectivity index (χ1n) is 11.0. The van der Waals surface area contributed by atoms with Gasteiger partial charge in [-0.3, -0.25) is 4.79 Å². The van der Waals surface area contributed by atoms with E-state index in [1.54, 1.807) is 24.3 Å². The van der Waals surface area contributed by atoms with Crippen molar-refractivity contribution in [1.82, 2.24) is 9.62 Å². The summed E-state index contributed by atoms with van der Waals surface area (Å²) in [6.07, 6.45) is 1.02. The monoisotopic (exact) mass is 486 g/mol. The summed E-state index contributed by atoms with van der Waals surface area (Å²) in [5.41, 5.74) is 0.700. The number of rotatable bonds is 8. The van der Waals surface area contributed by atoms with Gasteiger partial charge < -0.3 is 10.1 Å². The van der Waals surface area contributed by atoms with Crippen LogP contribution in [0.5, 0.6) is 5.75 Å². The molecule has 0 aromatic heterocycles. The van der Waals surface area contributed by atoms with Crippen LogP contribution in [0.15, 0.2) is 66.7 Å². The highest BCUT2D eigenvalue weighted by Crippen LogP contribution is 2.23. The zero-order valence-electron chi connectivity index (χ0n) is 18.2. The van der Waals surface area contributed by atoms with Crippen molar-refractivity contribution in [3.63, 3.8) is 0 Å². The van der Waals surface area contributed by atoms with Crippen LogP contribution in [-0.2, 0) is 20.6 Å². The maximum absolute atomic E-state index is 12.7. The van der Waals surface area contributed by atoms with Crippen molar-refractivity contribution in [3.05, 3.63) is 77.3 Å². The molecule has 0 radical (unpaired) electrons. The smallest absolute Gasteiger partial charge is 0.223 e. The first-order valence-corrected chi connectivity index (χ1v) is 13.0. The number of nitrogens with one attached hydrogen (secondary N) is 1. The Kier molecular flexibility index (Phi) is 7.53.